The molecule has 0 amide bonds. The van der Waals surface area contributed by atoms with Crippen LogP contribution < -0.4 is 0 Å². The van der Waals surface area contributed by atoms with Crippen LogP contribution in [0.3, 0.4) is 0 Å². The van der Waals surface area contributed by atoms with E-state index in [1.54, 1.807) is 0 Å². The molecule has 0 fully saturated rings. The lowest BCUT2D eigenvalue weighted by molar-refractivity contribution is 0.664. The molecule has 0 N–H and O–H groups in total. The van der Waals surface area contributed by atoms with E-state index >= 15 is 0 Å². The topological polar surface area (TPSA) is 12.9 Å². The first-order valence-corrected chi connectivity index (χ1v) is 6.54. The molecule has 80 valence electrons. The van der Waals surface area contributed by atoms with Crippen LogP contribution in [0.1, 0.15) is 55.1 Å². The van der Waals surface area contributed by atoms with Gasteiger partial charge in [-0.25, -0.2) is 4.98 Å². The van der Waals surface area contributed by atoms with E-state index in [4.69, 9.17) is 0 Å². The smallest absolute Gasteiger partial charge is 0.0930 e. The summed E-state index contributed by atoms with van der Waals surface area (Å²) < 4.78 is 0. The molecule has 0 aliphatic carbocycles. The molecule has 0 aliphatic heterocycles. The number of rotatable bonds is 6. The Bertz CT molecular complexity index is 265. The van der Waals surface area contributed by atoms with Gasteiger partial charge in [-0.15, -0.1) is 11.3 Å². The van der Waals surface area contributed by atoms with Crippen molar-refractivity contribution in [3.8, 4) is 0 Å². The van der Waals surface area contributed by atoms with Crippen LogP contribution in [0.2, 0.25) is 0 Å². The van der Waals surface area contributed by atoms with Crippen molar-refractivity contribution in [2.45, 2.75) is 59.3 Å². The van der Waals surface area contributed by atoms with Crippen molar-refractivity contribution < 1.29 is 0 Å². The highest BCUT2D eigenvalue weighted by molar-refractivity contribution is 7.11. The second-order valence-electron chi connectivity index (χ2n) is 3.77. The second kappa shape index (κ2) is 6.18. The molecule has 14 heavy (non-hydrogen) atoms. The fraction of sp³-hybridized carbons (Fsp3) is 0.750. The van der Waals surface area contributed by atoms with Crippen LogP contribution in [0, 0.1) is 6.92 Å². The standard InChI is InChI=1S/C12H21NS/c1-4-6-7-8-9-12-13-11(5-2)10(3)14-12/h4-9H2,1-3H3. The van der Waals surface area contributed by atoms with E-state index in [0.29, 0.717) is 0 Å². The fourth-order valence-corrected chi connectivity index (χ4v) is 2.69. The Balaban J connectivity index is 2.35. The number of hydrogen-bond donors (Lipinski definition) is 0. The van der Waals surface area contributed by atoms with Crippen LogP contribution in [0.15, 0.2) is 0 Å². The first-order valence-electron chi connectivity index (χ1n) is 5.73. The average molecular weight is 211 g/mol. The molecule has 0 saturated heterocycles. The molecule has 0 bridgehead atoms. The van der Waals surface area contributed by atoms with Crippen molar-refractivity contribution in [1.82, 2.24) is 4.98 Å². The molecule has 1 rings (SSSR count). The van der Waals surface area contributed by atoms with Crippen LogP contribution >= 0.6 is 11.3 Å². The lowest BCUT2D eigenvalue weighted by Gasteiger charge is -1.95. The third-order valence-corrected chi connectivity index (χ3v) is 3.59. The van der Waals surface area contributed by atoms with Crippen molar-refractivity contribution >= 4 is 11.3 Å². The number of nitrogens with zero attached hydrogens (tertiary/aromatic N) is 1. The van der Waals surface area contributed by atoms with Gasteiger partial charge in [0.1, 0.15) is 0 Å². The zero-order valence-electron chi connectivity index (χ0n) is 9.60. The quantitative estimate of drug-likeness (QED) is 0.645. The highest BCUT2D eigenvalue weighted by Crippen LogP contribution is 2.19. The third-order valence-electron chi connectivity index (χ3n) is 2.52. The normalized spacial score (nSPS) is 10.8. The van der Waals surface area contributed by atoms with Gasteiger partial charge in [0.05, 0.1) is 10.7 Å². The van der Waals surface area contributed by atoms with Gasteiger partial charge in [-0.2, -0.15) is 0 Å². The van der Waals surface area contributed by atoms with Crippen molar-refractivity contribution in [2.75, 3.05) is 0 Å². The molecule has 0 spiro atoms. The average Bonchev–Trinajstić information content (AvgIpc) is 2.54. The molecular weight excluding hydrogens is 190 g/mol. The predicted molar refractivity (Wildman–Crippen MR) is 64.1 cm³/mol. The Kier molecular flexibility index (Phi) is 5.16. The highest BCUT2D eigenvalue weighted by atomic mass is 32.1. The molecule has 1 nitrogen and oxygen atoms in total. The van der Waals surface area contributed by atoms with Crippen LogP contribution in [0.4, 0.5) is 0 Å². The van der Waals surface area contributed by atoms with E-state index in [-0.39, 0.29) is 0 Å². The van der Waals surface area contributed by atoms with Crippen molar-refractivity contribution in [3.05, 3.63) is 15.6 Å². The summed E-state index contributed by atoms with van der Waals surface area (Å²) in [4.78, 5) is 6.06. The maximum absolute atomic E-state index is 4.64. The molecule has 2 heteroatoms. The SMILES string of the molecule is CCCCCCc1nc(CC)c(C)s1. The lowest BCUT2D eigenvalue weighted by atomic mass is 10.2. The molecular formula is C12H21NS. The highest BCUT2D eigenvalue weighted by Gasteiger charge is 2.04. The summed E-state index contributed by atoms with van der Waals surface area (Å²) in [5.41, 5.74) is 1.31. The van der Waals surface area contributed by atoms with E-state index in [1.165, 1.54) is 47.7 Å². The monoisotopic (exact) mass is 211 g/mol. The molecule has 1 aromatic heterocycles. The summed E-state index contributed by atoms with van der Waals surface area (Å²) >= 11 is 1.89. The number of thiazole rings is 1. The summed E-state index contributed by atoms with van der Waals surface area (Å²) in [6.07, 6.45) is 7.62. The van der Waals surface area contributed by atoms with Crippen LogP contribution in [-0.4, -0.2) is 4.98 Å². The van der Waals surface area contributed by atoms with Crippen LogP contribution in [0.25, 0.3) is 0 Å². The molecule has 0 radical (unpaired) electrons. The van der Waals surface area contributed by atoms with E-state index in [1.807, 2.05) is 11.3 Å². The van der Waals surface area contributed by atoms with Crippen LogP contribution in [0.5, 0.6) is 0 Å². The van der Waals surface area contributed by atoms with Gasteiger partial charge in [0.25, 0.3) is 0 Å². The van der Waals surface area contributed by atoms with E-state index < -0.39 is 0 Å². The summed E-state index contributed by atoms with van der Waals surface area (Å²) in [5.74, 6) is 0. The van der Waals surface area contributed by atoms with Gasteiger partial charge in [-0.3, -0.25) is 0 Å². The molecule has 1 heterocycles. The number of unbranched alkanes of at least 4 members (excludes halogenated alkanes) is 3. The Morgan fingerprint density at radius 1 is 1.14 bits per heavy atom. The Hall–Kier alpha value is -0.370. The van der Waals surface area contributed by atoms with E-state index in [2.05, 4.69) is 25.8 Å². The van der Waals surface area contributed by atoms with Crippen molar-refractivity contribution in [2.24, 2.45) is 0 Å². The van der Waals surface area contributed by atoms with Gasteiger partial charge in [0, 0.05) is 4.88 Å². The molecule has 0 atom stereocenters. The second-order valence-corrected chi connectivity index (χ2v) is 5.06. The first kappa shape index (κ1) is 11.7. The molecule has 0 aromatic carbocycles. The minimum atomic E-state index is 1.08. The number of aromatic nitrogens is 1. The van der Waals surface area contributed by atoms with Crippen LogP contribution in [-0.2, 0) is 12.8 Å². The van der Waals surface area contributed by atoms with Gasteiger partial charge < -0.3 is 0 Å². The fourth-order valence-electron chi connectivity index (χ4n) is 1.63. The molecule has 0 aliphatic rings. The molecule has 1 aromatic rings. The minimum Gasteiger partial charge on any atom is -0.246 e. The van der Waals surface area contributed by atoms with Gasteiger partial charge in [0.15, 0.2) is 0 Å². The lowest BCUT2D eigenvalue weighted by Crippen LogP contribution is -1.87. The van der Waals surface area contributed by atoms with E-state index in [9.17, 15) is 0 Å². The van der Waals surface area contributed by atoms with Gasteiger partial charge >= 0.3 is 0 Å². The summed E-state index contributed by atoms with van der Waals surface area (Å²) in [6.45, 7) is 6.62. The largest absolute Gasteiger partial charge is 0.246 e. The zero-order chi connectivity index (χ0) is 10.4. The van der Waals surface area contributed by atoms with Gasteiger partial charge in [-0.05, 0) is 26.2 Å². The van der Waals surface area contributed by atoms with Gasteiger partial charge in [0.2, 0.25) is 0 Å². The minimum absolute atomic E-state index is 1.08. The molecule has 0 unspecified atom stereocenters. The number of aryl methyl sites for hydroxylation is 3. The zero-order valence-corrected chi connectivity index (χ0v) is 10.4. The predicted octanol–water partition coefficient (Wildman–Crippen LogP) is 4.14. The third kappa shape index (κ3) is 3.41. The molecule has 0 saturated carbocycles. The van der Waals surface area contributed by atoms with Crippen molar-refractivity contribution in [3.63, 3.8) is 0 Å². The Morgan fingerprint density at radius 2 is 1.93 bits per heavy atom. The van der Waals surface area contributed by atoms with Crippen molar-refractivity contribution in [1.29, 1.82) is 0 Å². The first-order chi connectivity index (χ1) is 6.77. The summed E-state index contributed by atoms with van der Waals surface area (Å²) in [5, 5.41) is 1.34. The Labute approximate surface area is 91.6 Å². The summed E-state index contributed by atoms with van der Waals surface area (Å²) in [6, 6.07) is 0. The maximum Gasteiger partial charge on any atom is 0.0930 e. The van der Waals surface area contributed by atoms with Gasteiger partial charge in [-0.1, -0.05) is 33.1 Å². The summed E-state index contributed by atoms with van der Waals surface area (Å²) in [7, 11) is 0. The van der Waals surface area contributed by atoms with E-state index in [0.717, 1.165) is 6.42 Å². The number of hydrogen-bond acceptors (Lipinski definition) is 2. The maximum atomic E-state index is 4.64. The Morgan fingerprint density at radius 3 is 2.50 bits per heavy atom.